The number of amides is 1. The van der Waals surface area contributed by atoms with Gasteiger partial charge in [0, 0.05) is 22.3 Å². The summed E-state index contributed by atoms with van der Waals surface area (Å²) in [6, 6.07) is 10.4. The molecule has 1 heterocycles. The van der Waals surface area contributed by atoms with Gasteiger partial charge in [0.2, 0.25) is 5.91 Å². The first-order valence-electron chi connectivity index (χ1n) is 5.50. The van der Waals surface area contributed by atoms with E-state index in [0.717, 1.165) is 5.56 Å². The van der Waals surface area contributed by atoms with E-state index in [9.17, 15) is 4.79 Å². The summed E-state index contributed by atoms with van der Waals surface area (Å²) >= 11 is 11.6. The second-order valence-electron chi connectivity index (χ2n) is 3.73. The number of aromatic nitrogens is 1. The lowest BCUT2D eigenvalue weighted by Gasteiger charge is -2.00. The van der Waals surface area contributed by atoms with Crippen LogP contribution in [-0.4, -0.2) is 10.9 Å². The van der Waals surface area contributed by atoms with Crippen LogP contribution in [0.2, 0.25) is 10.0 Å². The van der Waals surface area contributed by atoms with Crippen molar-refractivity contribution < 1.29 is 4.79 Å². The molecule has 0 fully saturated rings. The minimum absolute atomic E-state index is 0.273. The Balaban J connectivity index is 1.99. The van der Waals surface area contributed by atoms with Gasteiger partial charge in [0.15, 0.2) is 0 Å². The van der Waals surface area contributed by atoms with Crippen molar-refractivity contribution in [3.63, 3.8) is 0 Å². The number of halogens is 2. The number of hydrogen-bond donors (Lipinski definition) is 1. The van der Waals surface area contributed by atoms with Gasteiger partial charge in [-0.05, 0) is 35.9 Å². The number of rotatable bonds is 3. The van der Waals surface area contributed by atoms with E-state index < -0.39 is 0 Å². The second kappa shape index (κ2) is 6.36. The van der Waals surface area contributed by atoms with Crippen LogP contribution in [0.5, 0.6) is 0 Å². The van der Waals surface area contributed by atoms with Crippen LogP contribution >= 0.6 is 23.2 Å². The topological polar surface area (TPSA) is 42.0 Å². The highest BCUT2D eigenvalue weighted by molar-refractivity contribution is 6.31. The summed E-state index contributed by atoms with van der Waals surface area (Å²) in [5.74, 6) is 0.142. The van der Waals surface area contributed by atoms with E-state index in [-0.39, 0.29) is 5.91 Å². The summed E-state index contributed by atoms with van der Waals surface area (Å²) in [5, 5.41) is 3.79. The molecule has 0 saturated carbocycles. The van der Waals surface area contributed by atoms with Crippen LogP contribution in [0.15, 0.2) is 48.7 Å². The molecule has 5 heteroatoms. The molecular formula is C14H10Cl2N2O. The molecule has 2 aromatic rings. The first kappa shape index (κ1) is 13.6. The molecule has 1 N–H and O–H groups in total. The molecule has 1 aromatic carbocycles. The minimum Gasteiger partial charge on any atom is -0.307 e. The van der Waals surface area contributed by atoms with Crippen LogP contribution in [0.3, 0.4) is 0 Å². The van der Waals surface area contributed by atoms with Gasteiger partial charge in [-0.25, -0.2) is 4.98 Å². The van der Waals surface area contributed by atoms with E-state index in [1.807, 2.05) is 12.1 Å². The highest BCUT2D eigenvalue weighted by atomic mass is 35.5. The van der Waals surface area contributed by atoms with Gasteiger partial charge in [0.25, 0.3) is 0 Å². The summed E-state index contributed by atoms with van der Waals surface area (Å²) in [6.07, 6.45) is 4.64. The Labute approximate surface area is 120 Å². The number of carbonyl (C=O) groups excluding carboxylic acids is 1. The maximum absolute atomic E-state index is 11.7. The third-order valence-corrected chi connectivity index (χ3v) is 2.76. The highest BCUT2D eigenvalue weighted by Gasteiger charge is 1.99. The van der Waals surface area contributed by atoms with E-state index in [1.54, 1.807) is 30.3 Å². The fraction of sp³-hybridized carbons (Fsp3) is 0. The number of benzene rings is 1. The first-order valence-corrected chi connectivity index (χ1v) is 6.25. The zero-order valence-corrected chi connectivity index (χ0v) is 11.3. The van der Waals surface area contributed by atoms with Gasteiger partial charge in [-0.3, -0.25) is 4.79 Å². The highest BCUT2D eigenvalue weighted by Crippen LogP contribution is 2.12. The lowest BCUT2D eigenvalue weighted by molar-refractivity contribution is -0.111. The Morgan fingerprint density at radius 2 is 1.84 bits per heavy atom. The smallest absolute Gasteiger partial charge is 0.249 e. The van der Waals surface area contributed by atoms with Crippen molar-refractivity contribution in [3.8, 4) is 0 Å². The number of hydrogen-bond acceptors (Lipinski definition) is 2. The Kier molecular flexibility index (Phi) is 4.55. The molecule has 0 aliphatic rings. The average Bonchev–Trinajstić information content (AvgIpc) is 2.38. The largest absolute Gasteiger partial charge is 0.307 e. The average molecular weight is 293 g/mol. The molecule has 1 amide bonds. The van der Waals surface area contributed by atoms with E-state index >= 15 is 0 Å². The monoisotopic (exact) mass is 292 g/mol. The maximum Gasteiger partial charge on any atom is 0.249 e. The molecule has 0 aliphatic heterocycles. The van der Waals surface area contributed by atoms with Crippen LogP contribution in [0, 0.1) is 0 Å². The fourth-order valence-corrected chi connectivity index (χ4v) is 1.67. The second-order valence-corrected chi connectivity index (χ2v) is 4.61. The Hall–Kier alpha value is -1.84. The third kappa shape index (κ3) is 4.39. The number of anilines is 1. The quantitative estimate of drug-likeness (QED) is 0.868. The molecule has 0 atom stereocenters. The summed E-state index contributed by atoms with van der Waals surface area (Å²) in [7, 11) is 0. The van der Waals surface area contributed by atoms with Crippen molar-refractivity contribution in [1.29, 1.82) is 0 Å². The number of carbonyl (C=O) groups is 1. The van der Waals surface area contributed by atoms with Gasteiger partial charge in [-0.15, -0.1) is 0 Å². The Morgan fingerprint density at radius 3 is 2.53 bits per heavy atom. The molecule has 3 nitrogen and oxygen atoms in total. The van der Waals surface area contributed by atoms with Crippen LogP contribution in [0.4, 0.5) is 5.82 Å². The normalized spacial score (nSPS) is 10.6. The maximum atomic E-state index is 11.7. The minimum atomic E-state index is -0.273. The lowest BCUT2D eigenvalue weighted by atomic mass is 10.2. The van der Waals surface area contributed by atoms with E-state index in [0.29, 0.717) is 15.9 Å². The molecule has 0 bridgehead atoms. The van der Waals surface area contributed by atoms with Gasteiger partial charge >= 0.3 is 0 Å². The molecular weight excluding hydrogens is 283 g/mol. The van der Waals surface area contributed by atoms with Crippen molar-refractivity contribution in [3.05, 3.63) is 64.3 Å². The van der Waals surface area contributed by atoms with Gasteiger partial charge in [0.1, 0.15) is 5.82 Å². The summed E-state index contributed by atoms with van der Waals surface area (Å²) < 4.78 is 0. The lowest BCUT2D eigenvalue weighted by Crippen LogP contribution is -2.08. The summed E-state index contributed by atoms with van der Waals surface area (Å²) in [4.78, 5) is 15.6. The standard InChI is InChI=1S/C14H10Cl2N2O/c15-11-4-1-10(2-5-11)3-6-14(19)18-13-9-12(16)7-8-17-13/h1-9H,(H,17,18,19)/b6-3+. The van der Waals surface area contributed by atoms with Gasteiger partial charge in [0.05, 0.1) is 0 Å². The van der Waals surface area contributed by atoms with E-state index in [1.165, 1.54) is 12.3 Å². The first-order chi connectivity index (χ1) is 9.13. The molecule has 0 saturated heterocycles. The molecule has 96 valence electrons. The Bertz CT molecular complexity index is 609. The van der Waals surface area contributed by atoms with E-state index in [2.05, 4.69) is 10.3 Å². The number of nitrogens with zero attached hydrogens (tertiary/aromatic N) is 1. The molecule has 19 heavy (non-hydrogen) atoms. The number of nitrogens with one attached hydrogen (secondary N) is 1. The fourth-order valence-electron chi connectivity index (χ4n) is 1.39. The molecule has 0 spiro atoms. The number of pyridine rings is 1. The van der Waals surface area contributed by atoms with Gasteiger partial charge in [-0.2, -0.15) is 0 Å². The SMILES string of the molecule is O=C(/C=C/c1ccc(Cl)cc1)Nc1cc(Cl)ccn1. The summed E-state index contributed by atoms with van der Waals surface area (Å²) in [6.45, 7) is 0. The van der Waals surface area contributed by atoms with Crippen molar-refractivity contribution in [2.45, 2.75) is 0 Å². The van der Waals surface area contributed by atoms with Crippen LogP contribution in [-0.2, 0) is 4.79 Å². The van der Waals surface area contributed by atoms with Crippen LogP contribution in [0.25, 0.3) is 6.08 Å². The van der Waals surface area contributed by atoms with Gasteiger partial charge < -0.3 is 5.32 Å². The molecule has 0 aliphatic carbocycles. The zero-order chi connectivity index (χ0) is 13.7. The molecule has 0 radical (unpaired) electrons. The Morgan fingerprint density at radius 1 is 1.11 bits per heavy atom. The van der Waals surface area contributed by atoms with Crippen LogP contribution < -0.4 is 5.32 Å². The predicted molar refractivity (Wildman–Crippen MR) is 78.4 cm³/mol. The molecule has 0 unspecified atom stereocenters. The molecule has 2 rings (SSSR count). The third-order valence-electron chi connectivity index (χ3n) is 2.27. The molecule has 1 aromatic heterocycles. The zero-order valence-electron chi connectivity index (χ0n) is 9.81. The van der Waals surface area contributed by atoms with Crippen LogP contribution in [0.1, 0.15) is 5.56 Å². The predicted octanol–water partition coefficient (Wildman–Crippen LogP) is 4.04. The van der Waals surface area contributed by atoms with Crippen molar-refractivity contribution in [2.24, 2.45) is 0 Å². The summed E-state index contributed by atoms with van der Waals surface area (Å²) in [5.41, 5.74) is 0.888. The van der Waals surface area contributed by atoms with Crippen molar-refractivity contribution in [2.75, 3.05) is 5.32 Å². The van der Waals surface area contributed by atoms with Crippen molar-refractivity contribution >= 4 is 41.0 Å². The van der Waals surface area contributed by atoms with Crippen molar-refractivity contribution in [1.82, 2.24) is 4.98 Å². The van der Waals surface area contributed by atoms with Gasteiger partial charge in [-0.1, -0.05) is 35.3 Å². The van der Waals surface area contributed by atoms with E-state index in [4.69, 9.17) is 23.2 Å².